The van der Waals surface area contributed by atoms with Crippen LogP contribution in [0.5, 0.6) is 0 Å². The molecule has 1 aliphatic heterocycles. The number of fused-ring (bicyclic) bond motifs is 1. The van der Waals surface area contributed by atoms with E-state index in [0.717, 1.165) is 6.42 Å². The number of amides is 3. The first-order valence-corrected chi connectivity index (χ1v) is 13.1. The summed E-state index contributed by atoms with van der Waals surface area (Å²) in [5.41, 5.74) is -0.619. The molecule has 0 radical (unpaired) electrons. The standard InChI is InChI=1S/C28H34F3N5O4/c1-6-9-16-12-21(36(15-16)25(39)23(27(2,3)4)34-26(40)28(29,30)31)24(38)33-19(14-32)18-13-22(37)35(5)20-11-8-7-10-17(18)20/h7-8,10-11,13,16,19,21,23H,6,9,12,15H2,1-5H3,(H,33,38)(H,34,40)/t16-,19?,21-,23+/m0/s1. The van der Waals surface area contributed by atoms with E-state index >= 15 is 0 Å². The summed E-state index contributed by atoms with van der Waals surface area (Å²) >= 11 is 0. The van der Waals surface area contributed by atoms with Crippen molar-refractivity contribution >= 4 is 28.6 Å². The topological polar surface area (TPSA) is 124 Å². The number of carbonyl (C=O) groups is 3. The quantitative estimate of drug-likeness (QED) is 0.537. The van der Waals surface area contributed by atoms with Crippen LogP contribution in [0.2, 0.25) is 0 Å². The molecule has 4 atom stereocenters. The summed E-state index contributed by atoms with van der Waals surface area (Å²) in [6.07, 6.45) is -3.52. The van der Waals surface area contributed by atoms with Gasteiger partial charge < -0.3 is 20.1 Å². The molecule has 0 bridgehead atoms. The number of hydrogen-bond acceptors (Lipinski definition) is 5. The van der Waals surface area contributed by atoms with E-state index < -0.39 is 47.4 Å². The Balaban J connectivity index is 1.95. The normalized spacial score (nSPS) is 19.1. The Kier molecular flexibility index (Phi) is 8.97. The van der Waals surface area contributed by atoms with Crippen molar-refractivity contribution in [1.29, 1.82) is 5.26 Å². The molecule has 3 rings (SSSR count). The monoisotopic (exact) mass is 561 g/mol. The van der Waals surface area contributed by atoms with Crippen molar-refractivity contribution in [2.75, 3.05) is 6.54 Å². The van der Waals surface area contributed by atoms with Crippen LogP contribution in [0.4, 0.5) is 13.2 Å². The van der Waals surface area contributed by atoms with Crippen molar-refractivity contribution in [2.45, 2.75) is 71.3 Å². The van der Waals surface area contributed by atoms with Gasteiger partial charge in [0.2, 0.25) is 11.8 Å². The van der Waals surface area contributed by atoms with E-state index in [1.54, 1.807) is 31.3 Å². The number of alkyl halides is 3. The molecule has 1 aromatic carbocycles. The molecule has 9 nitrogen and oxygen atoms in total. The van der Waals surface area contributed by atoms with Crippen molar-refractivity contribution in [3.63, 3.8) is 0 Å². The highest BCUT2D eigenvalue weighted by Crippen LogP contribution is 2.32. The highest BCUT2D eigenvalue weighted by molar-refractivity contribution is 5.94. The molecule has 2 aromatic rings. The Labute approximate surface area is 230 Å². The zero-order valence-electron chi connectivity index (χ0n) is 23.1. The summed E-state index contributed by atoms with van der Waals surface area (Å²) in [5.74, 6) is -3.82. The lowest BCUT2D eigenvalue weighted by atomic mass is 9.85. The molecule has 12 heteroatoms. The van der Waals surface area contributed by atoms with Gasteiger partial charge in [0.25, 0.3) is 5.56 Å². The maximum Gasteiger partial charge on any atom is 0.471 e. The Hall–Kier alpha value is -3.88. The van der Waals surface area contributed by atoms with E-state index in [0.29, 0.717) is 22.9 Å². The minimum atomic E-state index is -5.19. The zero-order valence-corrected chi connectivity index (χ0v) is 23.1. The first kappa shape index (κ1) is 30.7. The second-order valence-electron chi connectivity index (χ2n) is 11.3. The first-order chi connectivity index (χ1) is 18.6. The Bertz CT molecular complexity index is 1390. The Morgan fingerprint density at radius 2 is 1.80 bits per heavy atom. The smallest absolute Gasteiger partial charge is 0.336 e. The largest absolute Gasteiger partial charge is 0.471 e. The molecule has 0 saturated carbocycles. The van der Waals surface area contributed by atoms with Gasteiger partial charge in [-0.15, -0.1) is 0 Å². The van der Waals surface area contributed by atoms with E-state index in [-0.39, 0.29) is 24.4 Å². The molecule has 0 spiro atoms. The number of likely N-dealkylation sites (tertiary alicyclic amines) is 1. The van der Waals surface area contributed by atoms with Crippen LogP contribution in [0.3, 0.4) is 0 Å². The highest BCUT2D eigenvalue weighted by atomic mass is 19.4. The fraction of sp³-hybridized carbons (Fsp3) is 0.536. The number of aryl methyl sites for hydroxylation is 1. The zero-order chi connectivity index (χ0) is 30.0. The average Bonchev–Trinajstić information content (AvgIpc) is 3.30. The average molecular weight is 562 g/mol. The summed E-state index contributed by atoms with van der Waals surface area (Å²) in [6.45, 7) is 6.62. The molecule has 1 fully saturated rings. The molecule has 0 aliphatic carbocycles. The van der Waals surface area contributed by atoms with Crippen molar-refractivity contribution in [2.24, 2.45) is 18.4 Å². The molecular weight excluding hydrogens is 527 g/mol. The molecule has 1 saturated heterocycles. The number of rotatable bonds is 7. The number of benzene rings is 1. The van der Waals surface area contributed by atoms with Gasteiger partial charge in [-0.25, -0.2) is 0 Å². The van der Waals surface area contributed by atoms with Crippen LogP contribution in [0.25, 0.3) is 10.9 Å². The SMILES string of the molecule is CCC[C@H]1C[C@@H](C(=O)NC(C#N)c2cc(=O)n(C)c3ccccc23)N(C(=O)[C@@H](NC(=O)C(F)(F)F)C(C)(C)C)C1. The minimum absolute atomic E-state index is 0.103. The first-order valence-electron chi connectivity index (χ1n) is 13.1. The van der Waals surface area contributed by atoms with Crippen molar-refractivity contribution in [3.8, 4) is 6.07 Å². The van der Waals surface area contributed by atoms with Crippen molar-refractivity contribution in [3.05, 3.63) is 46.2 Å². The summed E-state index contributed by atoms with van der Waals surface area (Å²) in [5, 5.41) is 15.0. The van der Waals surface area contributed by atoms with Gasteiger partial charge in [0, 0.05) is 30.6 Å². The van der Waals surface area contributed by atoms with Gasteiger partial charge in [0.1, 0.15) is 18.1 Å². The number of pyridine rings is 1. The molecule has 1 aromatic heterocycles. The lowest BCUT2D eigenvalue weighted by molar-refractivity contribution is -0.176. The number of nitrogens with zero attached hydrogens (tertiary/aromatic N) is 3. The van der Waals surface area contributed by atoms with E-state index in [9.17, 15) is 37.6 Å². The van der Waals surface area contributed by atoms with Crippen molar-refractivity contribution < 1.29 is 27.6 Å². The van der Waals surface area contributed by atoms with Gasteiger partial charge in [-0.05, 0) is 30.2 Å². The Morgan fingerprint density at radius 1 is 1.15 bits per heavy atom. The van der Waals surface area contributed by atoms with E-state index in [2.05, 4.69) is 5.32 Å². The molecule has 1 aliphatic rings. The van der Waals surface area contributed by atoms with E-state index in [4.69, 9.17) is 0 Å². The van der Waals surface area contributed by atoms with Gasteiger partial charge in [0.05, 0.1) is 11.6 Å². The summed E-state index contributed by atoms with van der Waals surface area (Å²) < 4.78 is 40.6. The molecule has 216 valence electrons. The lowest BCUT2D eigenvalue weighted by Gasteiger charge is -2.35. The number of hydrogen-bond donors (Lipinski definition) is 2. The third-order valence-corrected chi connectivity index (χ3v) is 7.23. The van der Waals surface area contributed by atoms with Crippen LogP contribution in [0, 0.1) is 22.7 Å². The maximum atomic E-state index is 13.7. The molecule has 40 heavy (non-hydrogen) atoms. The molecule has 2 heterocycles. The second-order valence-corrected chi connectivity index (χ2v) is 11.3. The van der Waals surface area contributed by atoms with Crippen LogP contribution >= 0.6 is 0 Å². The number of carbonyl (C=O) groups excluding carboxylic acids is 3. The molecular formula is C28H34F3N5O4. The van der Waals surface area contributed by atoms with E-state index in [1.165, 1.54) is 36.3 Å². The molecule has 1 unspecified atom stereocenters. The summed E-state index contributed by atoms with van der Waals surface area (Å²) in [7, 11) is 1.59. The van der Waals surface area contributed by atoms with Gasteiger partial charge in [-0.3, -0.25) is 19.2 Å². The summed E-state index contributed by atoms with van der Waals surface area (Å²) in [4.78, 5) is 52.8. The minimum Gasteiger partial charge on any atom is -0.336 e. The predicted octanol–water partition coefficient (Wildman–Crippen LogP) is 3.33. The maximum absolute atomic E-state index is 13.7. The predicted molar refractivity (Wildman–Crippen MR) is 142 cm³/mol. The number of para-hydroxylation sites is 1. The van der Waals surface area contributed by atoms with Gasteiger partial charge >= 0.3 is 12.1 Å². The third kappa shape index (κ3) is 6.46. The van der Waals surface area contributed by atoms with Crippen LogP contribution in [-0.2, 0) is 21.4 Å². The van der Waals surface area contributed by atoms with Crippen LogP contribution in [0.15, 0.2) is 35.1 Å². The van der Waals surface area contributed by atoms with Crippen LogP contribution in [0.1, 0.15) is 58.6 Å². The van der Waals surface area contributed by atoms with Crippen molar-refractivity contribution in [1.82, 2.24) is 20.1 Å². The number of nitrogens with one attached hydrogen (secondary N) is 2. The number of nitriles is 1. The van der Waals surface area contributed by atoms with Gasteiger partial charge in [-0.1, -0.05) is 52.3 Å². The van der Waals surface area contributed by atoms with Crippen LogP contribution in [-0.4, -0.2) is 52.0 Å². The molecule has 2 N–H and O–H groups in total. The van der Waals surface area contributed by atoms with E-state index in [1.807, 2.05) is 18.3 Å². The van der Waals surface area contributed by atoms with Gasteiger partial charge in [0.15, 0.2) is 0 Å². The number of aromatic nitrogens is 1. The highest BCUT2D eigenvalue weighted by Gasteiger charge is 2.48. The third-order valence-electron chi connectivity index (χ3n) is 7.23. The fourth-order valence-electron chi connectivity index (χ4n) is 5.15. The fourth-order valence-corrected chi connectivity index (χ4v) is 5.15. The lowest BCUT2D eigenvalue weighted by Crippen LogP contribution is -2.59. The number of halogens is 3. The molecule has 3 amide bonds. The second kappa shape index (κ2) is 11.7. The summed E-state index contributed by atoms with van der Waals surface area (Å²) in [6, 6.07) is 6.35. The Morgan fingerprint density at radius 3 is 2.38 bits per heavy atom. The van der Waals surface area contributed by atoms with Crippen LogP contribution < -0.4 is 16.2 Å². The van der Waals surface area contributed by atoms with Gasteiger partial charge in [-0.2, -0.15) is 18.4 Å².